The normalized spacial score (nSPS) is 14.4. The number of rotatable bonds is 4. The molecule has 0 atom stereocenters. The second kappa shape index (κ2) is 8.31. The lowest BCUT2D eigenvalue weighted by atomic mass is 9.89. The highest BCUT2D eigenvalue weighted by Crippen LogP contribution is 2.51. The molecule has 0 bridgehead atoms. The Morgan fingerprint density at radius 3 is 0.933 bits per heavy atom. The van der Waals surface area contributed by atoms with Crippen molar-refractivity contribution in [3.05, 3.63) is 144 Å². The summed E-state index contributed by atoms with van der Waals surface area (Å²) in [5.74, 6) is 0. The lowest BCUT2D eigenvalue weighted by Crippen LogP contribution is -2.08. The van der Waals surface area contributed by atoms with Crippen LogP contribution in [-0.4, -0.2) is 8.11 Å². The second-order valence-corrected chi connectivity index (χ2v) is 10.0. The number of hydrogen-bond acceptors (Lipinski definition) is 0. The first-order valence-electron chi connectivity index (χ1n) is 10.1. The predicted molar refractivity (Wildman–Crippen MR) is 131 cm³/mol. The van der Waals surface area contributed by atoms with E-state index in [1.807, 2.05) is 0 Å². The molecule has 143 valence electrons. The lowest BCUT2D eigenvalue weighted by Gasteiger charge is -2.14. The summed E-state index contributed by atoms with van der Waals surface area (Å²) in [7, 11) is -1.50. The van der Waals surface area contributed by atoms with Gasteiger partial charge in [0.1, 0.15) is 0 Å². The van der Waals surface area contributed by atoms with Crippen LogP contribution >= 0.6 is 11.1 Å². The van der Waals surface area contributed by atoms with Crippen molar-refractivity contribution in [1.82, 2.24) is 0 Å². The SMILES string of the molecule is Cl[Si]1C(c2ccccc2)=C(c2ccccc2)C(c2ccccc2)=C1c1ccccc1. The van der Waals surface area contributed by atoms with Gasteiger partial charge in [-0.3, -0.25) is 0 Å². The van der Waals surface area contributed by atoms with Gasteiger partial charge in [0.15, 0.2) is 0 Å². The zero-order valence-electron chi connectivity index (χ0n) is 16.4. The molecule has 30 heavy (non-hydrogen) atoms. The van der Waals surface area contributed by atoms with Crippen LogP contribution < -0.4 is 0 Å². The molecule has 0 nitrogen and oxygen atoms in total. The molecule has 1 aliphatic rings. The van der Waals surface area contributed by atoms with E-state index in [1.54, 1.807) is 0 Å². The largest absolute Gasteiger partial charge is 0.236 e. The molecule has 0 amide bonds. The minimum atomic E-state index is -1.50. The molecule has 1 radical (unpaired) electrons. The molecule has 0 N–H and O–H groups in total. The van der Waals surface area contributed by atoms with Crippen molar-refractivity contribution in [2.45, 2.75) is 0 Å². The Labute approximate surface area is 184 Å². The predicted octanol–water partition coefficient (Wildman–Crippen LogP) is 7.53. The maximum atomic E-state index is 7.39. The van der Waals surface area contributed by atoms with Gasteiger partial charge in [-0.15, -0.1) is 0 Å². The van der Waals surface area contributed by atoms with Crippen LogP contribution in [0.1, 0.15) is 22.3 Å². The Kier molecular flexibility index (Phi) is 5.23. The summed E-state index contributed by atoms with van der Waals surface area (Å²) < 4.78 is 0. The van der Waals surface area contributed by atoms with Gasteiger partial charge in [-0.25, -0.2) is 0 Å². The summed E-state index contributed by atoms with van der Waals surface area (Å²) >= 11 is 7.39. The standard InChI is InChI=1S/C28H20ClSi/c29-30-27(23-17-9-3-10-18-23)25(21-13-5-1-6-14-21)26(22-15-7-2-8-16-22)28(30)24-19-11-4-12-20-24/h1-20H. The molecule has 4 aromatic carbocycles. The van der Waals surface area contributed by atoms with Gasteiger partial charge in [0.25, 0.3) is 0 Å². The van der Waals surface area contributed by atoms with Gasteiger partial charge in [0, 0.05) is 0 Å². The Morgan fingerprint density at radius 2 is 0.633 bits per heavy atom. The van der Waals surface area contributed by atoms with Gasteiger partial charge in [-0.2, -0.15) is 11.1 Å². The van der Waals surface area contributed by atoms with Crippen LogP contribution in [0.5, 0.6) is 0 Å². The zero-order valence-corrected chi connectivity index (χ0v) is 18.2. The maximum absolute atomic E-state index is 7.39. The number of hydrogen-bond donors (Lipinski definition) is 0. The molecule has 0 saturated heterocycles. The molecule has 4 aromatic rings. The van der Waals surface area contributed by atoms with Crippen LogP contribution in [0.3, 0.4) is 0 Å². The molecule has 0 unspecified atom stereocenters. The Balaban J connectivity index is 1.86. The summed E-state index contributed by atoms with van der Waals surface area (Å²) in [6, 6.07) is 42.6. The quantitative estimate of drug-likeness (QED) is 0.237. The van der Waals surface area contributed by atoms with E-state index in [0.717, 1.165) is 0 Å². The smallest absolute Gasteiger partial charge is 0.156 e. The van der Waals surface area contributed by atoms with Gasteiger partial charge >= 0.3 is 0 Å². The van der Waals surface area contributed by atoms with Crippen molar-refractivity contribution < 1.29 is 0 Å². The molecule has 0 spiro atoms. The molecule has 0 saturated carbocycles. The number of benzene rings is 4. The Bertz CT molecular complexity index is 1110. The zero-order chi connectivity index (χ0) is 20.3. The van der Waals surface area contributed by atoms with Crippen molar-refractivity contribution in [2.24, 2.45) is 0 Å². The van der Waals surface area contributed by atoms with Crippen LogP contribution in [0.25, 0.3) is 21.5 Å². The second-order valence-electron chi connectivity index (χ2n) is 7.28. The summed E-state index contributed by atoms with van der Waals surface area (Å²) in [5.41, 5.74) is 7.36. The first-order chi connectivity index (χ1) is 14.8. The van der Waals surface area contributed by atoms with Gasteiger partial charge < -0.3 is 0 Å². The highest BCUT2D eigenvalue weighted by atomic mass is 35.6. The van der Waals surface area contributed by atoms with E-state index >= 15 is 0 Å². The molecular formula is C28H20ClSi. The van der Waals surface area contributed by atoms with E-state index in [2.05, 4.69) is 121 Å². The van der Waals surface area contributed by atoms with Crippen LogP contribution in [0.4, 0.5) is 0 Å². The first-order valence-corrected chi connectivity index (χ1v) is 12.6. The third-order valence-electron chi connectivity index (χ3n) is 5.44. The topological polar surface area (TPSA) is 0 Å². The van der Waals surface area contributed by atoms with E-state index in [1.165, 1.54) is 43.8 Å². The fraction of sp³-hybridized carbons (Fsp3) is 0. The van der Waals surface area contributed by atoms with E-state index in [9.17, 15) is 0 Å². The van der Waals surface area contributed by atoms with Crippen molar-refractivity contribution in [1.29, 1.82) is 0 Å². The Hall–Kier alpha value is -3.13. The van der Waals surface area contributed by atoms with Gasteiger partial charge in [-0.1, -0.05) is 121 Å². The average molecular weight is 420 g/mol. The molecule has 0 aromatic heterocycles. The van der Waals surface area contributed by atoms with Crippen LogP contribution in [-0.2, 0) is 0 Å². The fourth-order valence-corrected chi connectivity index (χ4v) is 7.42. The van der Waals surface area contributed by atoms with E-state index < -0.39 is 8.11 Å². The summed E-state index contributed by atoms with van der Waals surface area (Å²) in [6.45, 7) is 0. The minimum Gasteiger partial charge on any atom is -0.156 e. The number of allylic oxidation sites excluding steroid dienone is 2. The van der Waals surface area contributed by atoms with Gasteiger partial charge in [-0.05, 0) is 43.8 Å². The lowest BCUT2D eigenvalue weighted by molar-refractivity contribution is 1.58. The first kappa shape index (κ1) is 18.9. The molecule has 1 heterocycles. The average Bonchev–Trinajstić information content (AvgIpc) is 3.14. The monoisotopic (exact) mass is 419 g/mol. The van der Waals surface area contributed by atoms with E-state index in [-0.39, 0.29) is 0 Å². The maximum Gasteiger partial charge on any atom is 0.236 e. The molecule has 0 fully saturated rings. The highest BCUT2D eigenvalue weighted by Gasteiger charge is 2.37. The third kappa shape index (κ3) is 3.37. The van der Waals surface area contributed by atoms with Crippen molar-refractivity contribution in [2.75, 3.05) is 0 Å². The minimum absolute atomic E-state index is 1.21. The Morgan fingerprint density at radius 1 is 0.367 bits per heavy atom. The summed E-state index contributed by atoms with van der Waals surface area (Å²) in [5, 5.41) is 2.54. The summed E-state index contributed by atoms with van der Waals surface area (Å²) in [6.07, 6.45) is 0. The molecule has 1 aliphatic heterocycles. The highest BCUT2D eigenvalue weighted by molar-refractivity contribution is 7.29. The van der Waals surface area contributed by atoms with Crippen LogP contribution in [0.15, 0.2) is 121 Å². The van der Waals surface area contributed by atoms with Crippen LogP contribution in [0, 0.1) is 0 Å². The number of halogens is 1. The van der Waals surface area contributed by atoms with E-state index in [4.69, 9.17) is 11.1 Å². The summed E-state index contributed by atoms with van der Waals surface area (Å²) in [4.78, 5) is 0. The van der Waals surface area contributed by atoms with Gasteiger partial charge in [0.2, 0.25) is 8.11 Å². The van der Waals surface area contributed by atoms with E-state index in [0.29, 0.717) is 0 Å². The van der Waals surface area contributed by atoms with Crippen molar-refractivity contribution in [3.8, 4) is 0 Å². The van der Waals surface area contributed by atoms with Crippen molar-refractivity contribution in [3.63, 3.8) is 0 Å². The molecular weight excluding hydrogens is 400 g/mol. The third-order valence-corrected chi connectivity index (χ3v) is 8.53. The van der Waals surface area contributed by atoms with Gasteiger partial charge in [0.05, 0.1) is 0 Å². The molecule has 5 rings (SSSR count). The fourth-order valence-electron chi connectivity index (χ4n) is 4.13. The molecule has 0 aliphatic carbocycles. The van der Waals surface area contributed by atoms with Crippen molar-refractivity contribution >= 4 is 40.7 Å². The van der Waals surface area contributed by atoms with Crippen LogP contribution in [0.2, 0.25) is 0 Å². The molecule has 2 heteroatoms.